The first kappa shape index (κ1) is 8.50. The fraction of sp³-hybridized carbons (Fsp3) is 0.500. The average Bonchev–Trinajstić information content (AvgIpc) is 1.84. The number of hydrogen-bond acceptors (Lipinski definition) is 5. The predicted octanol–water partition coefficient (Wildman–Crippen LogP) is -2.06. The van der Waals surface area contributed by atoms with Crippen molar-refractivity contribution < 1.29 is 23.5 Å². The highest BCUT2D eigenvalue weighted by Gasteiger charge is 2.21. The lowest BCUT2D eigenvalue weighted by Gasteiger charge is -1.99. The highest BCUT2D eigenvalue weighted by molar-refractivity contribution is 7.80. The molecule has 9 heavy (non-hydrogen) atoms. The highest BCUT2D eigenvalue weighted by Crippen LogP contribution is 1.88. The molecule has 0 aliphatic carbocycles. The van der Waals surface area contributed by atoms with E-state index in [-0.39, 0.29) is 0 Å². The molecule has 2 atom stereocenters. The second-order valence-electron chi connectivity index (χ2n) is 1.07. The van der Waals surface area contributed by atoms with Crippen molar-refractivity contribution in [3.63, 3.8) is 0 Å². The van der Waals surface area contributed by atoms with Crippen LogP contribution in [0.2, 0.25) is 0 Å². The van der Waals surface area contributed by atoms with Gasteiger partial charge in [0.2, 0.25) is 0 Å². The number of rotatable bonds is 2. The molecule has 0 amide bonds. The van der Waals surface area contributed by atoms with Crippen LogP contribution in [0, 0.1) is 0 Å². The van der Waals surface area contributed by atoms with Gasteiger partial charge in [0.1, 0.15) is 0 Å². The molecule has 0 saturated carbocycles. The second-order valence-corrected chi connectivity index (χ2v) is 2.06. The Morgan fingerprint density at radius 1 is 1.78 bits per heavy atom. The fourth-order valence-corrected chi connectivity index (χ4v) is 0.361. The van der Waals surface area contributed by atoms with E-state index in [1.165, 1.54) is 0 Å². The third-order valence-electron chi connectivity index (χ3n) is 0.509. The van der Waals surface area contributed by atoms with E-state index in [9.17, 15) is 9.00 Å². The van der Waals surface area contributed by atoms with E-state index in [2.05, 4.69) is 10.7 Å². The van der Waals surface area contributed by atoms with Gasteiger partial charge in [-0.3, -0.25) is 0 Å². The maximum Gasteiger partial charge on any atom is 0.369 e. The van der Waals surface area contributed by atoms with Gasteiger partial charge in [-0.05, 0) is 0 Å². The van der Waals surface area contributed by atoms with Crippen molar-refractivity contribution in [2.24, 2.45) is 5.90 Å². The van der Waals surface area contributed by atoms with Gasteiger partial charge in [0, 0.05) is 0 Å². The smallest absolute Gasteiger partial charge is 0.369 e. The largest absolute Gasteiger partial charge is 0.371 e. The van der Waals surface area contributed by atoms with Crippen LogP contribution in [0.1, 0.15) is 0 Å². The van der Waals surface area contributed by atoms with Gasteiger partial charge in [-0.25, -0.2) is 9.00 Å². The van der Waals surface area contributed by atoms with E-state index in [0.29, 0.717) is 0 Å². The summed E-state index contributed by atoms with van der Waals surface area (Å²) in [5, 5.41) is 8.29. The maximum atomic E-state index is 10.0. The van der Waals surface area contributed by atoms with Crippen LogP contribution >= 0.6 is 0 Å². The summed E-state index contributed by atoms with van der Waals surface area (Å²) in [5.74, 6) is 2.92. The molecule has 0 aromatic heterocycles. The standard InChI is InChI=1S/C2H5NO5S/c3-8-1(4)2(5)9(6)7/h2,5H,3H2,(H,6,7). The fourth-order valence-electron chi connectivity index (χ4n) is 0.141. The van der Waals surface area contributed by atoms with Crippen molar-refractivity contribution in [3.05, 3.63) is 0 Å². The first-order valence-corrected chi connectivity index (χ1v) is 2.95. The minimum absolute atomic E-state index is 1.34. The molecule has 0 radical (unpaired) electrons. The molecule has 0 bridgehead atoms. The molecule has 0 spiro atoms. The molecule has 0 fully saturated rings. The van der Waals surface area contributed by atoms with Gasteiger partial charge in [0.05, 0.1) is 0 Å². The Balaban J connectivity index is 3.88. The number of hydrogen-bond donors (Lipinski definition) is 3. The Kier molecular flexibility index (Phi) is 3.32. The molecule has 0 aromatic carbocycles. The van der Waals surface area contributed by atoms with Crippen molar-refractivity contribution in [2.45, 2.75) is 5.44 Å². The van der Waals surface area contributed by atoms with Crippen LogP contribution in [0.15, 0.2) is 0 Å². The van der Waals surface area contributed by atoms with Gasteiger partial charge in [0.25, 0.3) is 5.44 Å². The minimum Gasteiger partial charge on any atom is -0.371 e. The number of aliphatic hydroxyl groups is 1. The molecule has 54 valence electrons. The Hall–Kier alpha value is -0.500. The lowest BCUT2D eigenvalue weighted by Crippen LogP contribution is -2.29. The van der Waals surface area contributed by atoms with E-state index in [1.807, 2.05) is 0 Å². The van der Waals surface area contributed by atoms with Gasteiger partial charge in [0.15, 0.2) is 11.1 Å². The molecule has 0 heterocycles. The van der Waals surface area contributed by atoms with Crippen LogP contribution < -0.4 is 5.90 Å². The van der Waals surface area contributed by atoms with Crippen molar-refractivity contribution in [2.75, 3.05) is 0 Å². The molecule has 0 saturated heterocycles. The molecule has 7 heteroatoms. The zero-order valence-corrected chi connectivity index (χ0v) is 5.00. The highest BCUT2D eigenvalue weighted by atomic mass is 32.2. The normalized spacial score (nSPS) is 16.3. The molecule has 0 aliphatic rings. The average molecular weight is 155 g/mol. The summed E-state index contributed by atoms with van der Waals surface area (Å²) < 4.78 is 17.8. The van der Waals surface area contributed by atoms with Crippen LogP contribution in [-0.4, -0.2) is 25.3 Å². The molecular weight excluding hydrogens is 150 g/mol. The number of aliphatic hydroxyl groups excluding tert-OH is 1. The maximum absolute atomic E-state index is 10.0. The first-order valence-electron chi connectivity index (χ1n) is 1.78. The van der Waals surface area contributed by atoms with Crippen molar-refractivity contribution in [1.82, 2.24) is 0 Å². The lowest BCUT2D eigenvalue weighted by molar-refractivity contribution is -0.149. The van der Waals surface area contributed by atoms with Crippen molar-refractivity contribution in [3.8, 4) is 0 Å². The van der Waals surface area contributed by atoms with Gasteiger partial charge in [-0.2, -0.15) is 5.90 Å². The van der Waals surface area contributed by atoms with Gasteiger partial charge >= 0.3 is 5.97 Å². The quantitative estimate of drug-likeness (QED) is 0.312. The van der Waals surface area contributed by atoms with E-state index >= 15 is 0 Å². The topological polar surface area (TPSA) is 110 Å². The van der Waals surface area contributed by atoms with Crippen molar-refractivity contribution >= 4 is 17.0 Å². The molecule has 0 aliphatic heterocycles. The van der Waals surface area contributed by atoms with Crippen LogP contribution in [-0.2, 0) is 20.7 Å². The van der Waals surface area contributed by atoms with Crippen LogP contribution in [0.3, 0.4) is 0 Å². The van der Waals surface area contributed by atoms with Crippen LogP contribution in [0.25, 0.3) is 0 Å². The predicted molar refractivity (Wildman–Crippen MR) is 27.1 cm³/mol. The first-order chi connectivity index (χ1) is 4.09. The third-order valence-corrected chi connectivity index (χ3v) is 1.08. The summed E-state index contributed by atoms with van der Waals surface area (Å²) in [6.07, 6.45) is 0. The van der Waals surface area contributed by atoms with Gasteiger partial charge in [-0.1, -0.05) is 0 Å². The zero-order valence-electron chi connectivity index (χ0n) is 4.18. The summed E-state index contributed by atoms with van der Waals surface area (Å²) in [7, 11) is 0. The minimum atomic E-state index is -2.64. The number of carbonyl (C=O) groups excluding carboxylic acids is 1. The summed E-state index contributed by atoms with van der Waals surface area (Å²) in [5.41, 5.74) is -2.07. The third kappa shape index (κ3) is 2.51. The molecule has 6 nitrogen and oxygen atoms in total. The van der Waals surface area contributed by atoms with Crippen molar-refractivity contribution in [1.29, 1.82) is 0 Å². The van der Waals surface area contributed by atoms with E-state index < -0.39 is 22.5 Å². The zero-order chi connectivity index (χ0) is 7.44. The summed E-state index contributed by atoms with van der Waals surface area (Å²) >= 11 is -2.64. The summed E-state index contributed by atoms with van der Waals surface area (Å²) in [6.45, 7) is 0. The van der Waals surface area contributed by atoms with E-state index in [1.54, 1.807) is 0 Å². The molecule has 4 N–H and O–H groups in total. The Morgan fingerprint density at radius 2 is 2.22 bits per heavy atom. The Morgan fingerprint density at radius 3 is 2.33 bits per heavy atom. The van der Waals surface area contributed by atoms with Crippen LogP contribution in [0.4, 0.5) is 0 Å². The van der Waals surface area contributed by atoms with Gasteiger partial charge < -0.3 is 14.5 Å². The molecule has 2 unspecified atom stereocenters. The monoisotopic (exact) mass is 155 g/mol. The lowest BCUT2D eigenvalue weighted by atomic mass is 10.7. The number of nitrogens with two attached hydrogens (primary N) is 1. The molecule has 0 aromatic rings. The summed E-state index contributed by atoms with van der Waals surface area (Å²) in [4.78, 5) is 13.4. The Labute approximate surface area is 52.8 Å². The second kappa shape index (κ2) is 3.51. The molecule has 0 rings (SSSR count). The summed E-state index contributed by atoms with van der Waals surface area (Å²) in [6, 6.07) is 0. The SMILES string of the molecule is NOC(=O)C(O)S(=O)O. The van der Waals surface area contributed by atoms with E-state index in [4.69, 9.17) is 9.66 Å². The van der Waals surface area contributed by atoms with Crippen LogP contribution in [0.5, 0.6) is 0 Å². The number of carbonyl (C=O) groups is 1. The van der Waals surface area contributed by atoms with E-state index in [0.717, 1.165) is 0 Å². The molecular formula is C2H5NO5S. The Bertz CT molecular complexity index is 135. The van der Waals surface area contributed by atoms with Gasteiger partial charge in [-0.15, -0.1) is 0 Å².